The van der Waals surface area contributed by atoms with Gasteiger partial charge in [0.15, 0.2) is 11.5 Å². The Kier molecular flexibility index (Phi) is 2.35. The van der Waals surface area contributed by atoms with E-state index in [4.69, 9.17) is 9.47 Å². The lowest BCUT2D eigenvalue weighted by atomic mass is 9.91. The highest BCUT2D eigenvalue weighted by Gasteiger charge is 2.34. The molecule has 3 heteroatoms. The highest BCUT2D eigenvalue weighted by atomic mass is 16.5. The molecule has 0 aliphatic carbocycles. The van der Waals surface area contributed by atoms with Gasteiger partial charge in [0.25, 0.3) is 0 Å². The number of aliphatic hydroxyl groups excluding tert-OH is 1. The van der Waals surface area contributed by atoms with Crippen molar-refractivity contribution in [3.05, 3.63) is 23.8 Å². The van der Waals surface area contributed by atoms with Crippen molar-refractivity contribution in [1.82, 2.24) is 0 Å². The van der Waals surface area contributed by atoms with Crippen LogP contribution in [0.2, 0.25) is 0 Å². The van der Waals surface area contributed by atoms with Gasteiger partial charge in [-0.15, -0.1) is 0 Å². The molecule has 1 N–H and O–H groups in total. The lowest BCUT2D eigenvalue weighted by molar-refractivity contribution is 0.00927. The van der Waals surface area contributed by atoms with E-state index in [0.717, 1.165) is 5.56 Å². The van der Waals surface area contributed by atoms with Gasteiger partial charge in [-0.2, -0.15) is 0 Å². The van der Waals surface area contributed by atoms with Gasteiger partial charge >= 0.3 is 0 Å². The minimum absolute atomic E-state index is 0.346. The average molecular weight is 208 g/mol. The molecule has 1 heterocycles. The Morgan fingerprint density at radius 2 is 2.20 bits per heavy atom. The van der Waals surface area contributed by atoms with Crippen LogP contribution in [0.1, 0.15) is 31.9 Å². The van der Waals surface area contributed by atoms with Crippen molar-refractivity contribution in [2.75, 3.05) is 7.11 Å². The van der Waals surface area contributed by atoms with Crippen molar-refractivity contribution in [3.8, 4) is 11.5 Å². The lowest BCUT2D eigenvalue weighted by Crippen LogP contribution is -2.34. The molecule has 3 nitrogen and oxygen atoms in total. The van der Waals surface area contributed by atoms with E-state index in [2.05, 4.69) is 0 Å². The molecule has 0 saturated carbocycles. The van der Waals surface area contributed by atoms with Crippen molar-refractivity contribution in [1.29, 1.82) is 0 Å². The smallest absolute Gasteiger partial charge is 0.167 e. The van der Waals surface area contributed by atoms with Gasteiger partial charge in [-0.05, 0) is 19.9 Å². The number of para-hydroxylation sites is 1. The van der Waals surface area contributed by atoms with Crippen LogP contribution in [0.5, 0.6) is 11.5 Å². The summed E-state index contributed by atoms with van der Waals surface area (Å²) >= 11 is 0. The third-order valence-corrected chi connectivity index (χ3v) is 2.65. The molecule has 1 unspecified atom stereocenters. The van der Waals surface area contributed by atoms with Crippen LogP contribution in [0.3, 0.4) is 0 Å². The van der Waals surface area contributed by atoms with Gasteiger partial charge in [0.1, 0.15) is 5.60 Å². The summed E-state index contributed by atoms with van der Waals surface area (Å²) in [6.45, 7) is 3.93. The zero-order chi connectivity index (χ0) is 11.1. The molecule has 82 valence electrons. The molecule has 1 aliphatic heterocycles. The third-order valence-electron chi connectivity index (χ3n) is 2.65. The maximum atomic E-state index is 9.98. The van der Waals surface area contributed by atoms with Crippen LogP contribution in [0.4, 0.5) is 0 Å². The van der Waals surface area contributed by atoms with E-state index in [1.165, 1.54) is 0 Å². The molecule has 0 aromatic heterocycles. The summed E-state index contributed by atoms with van der Waals surface area (Å²) in [5.74, 6) is 1.35. The van der Waals surface area contributed by atoms with E-state index in [-0.39, 0.29) is 5.60 Å². The minimum Gasteiger partial charge on any atom is -0.493 e. The van der Waals surface area contributed by atoms with Crippen molar-refractivity contribution >= 4 is 0 Å². The van der Waals surface area contributed by atoms with Crippen LogP contribution in [0, 0.1) is 0 Å². The number of aliphatic hydroxyl groups is 1. The summed E-state index contributed by atoms with van der Waals surface area (Å²) in [6, 6.07) is 5.58. The second-order valence-electron chi connectivity index (χ2n) is 4.46. The summed E-state index contributed by atoms with van der Waals surface area (Å²) in [6.07, 6.45) is 0.131. The molecule has 0 fully saturated rings. The van der Waals surface area contributed by atoms with E-state index >= 15 is 0 Å². The lowest BCUT2D eigenvalue weighted by Gasteiger charge is -2.36. The molecule has 0 radical (unpaired) electrons. The Labute approximate surface area is 89.6 Å². The predicted molar refractivity (Wildman–Crippen MR) is 57.3 cm³/mol. The molecule has 2 rings (SSSR count). The fraction of sp³-hybridized carbons (Fsp3) is 0.500. The molecular formula is C12H16O3. The van der Waals surface area contributed by atoms with Gasteiger partial charge in [0.05, 0.1) is 13.2 Å². The first kappa shape index (κ1) is 10.3. The largest absolute Gasteiger partial charge is 0.493 e. The molecule has 1 aliphatic rings. The maximum absolute atomic E-state index is 9.98. The number of rotatable bonds is 1. The topological polar surface area (TPSA) is 38.7 Å². The first-order valence-corrected chi connectivity index (χ1v) is 5.07. The highest BCUT2D eigenvalue weighted by molar-refractivity contribution is 5.49. The predicted octanol–water partition coefficient (Wildman–Crippen LogP) is 2.29. The molecule has 0 spiro atoms. The number of fused-ring (bicyclic) bond motifs is 1. The second-order valence-corrected chi connectivity index (χ2v) is 4.46. The molecular weight excluding hydrogens is 192 g/mol. The summed E-state index contributed by atoms with van der Waals surface area (Å²) in [4.78, 5) is 0. The van der Waals surface area contributed by atoms with Crippen molar-refractivity contribution in [2.45, 2.75) is 32.0 Å². The van der Waals surface area contributed by atoms with E-state index in [9.17, 15) is 5.11 Å². The first-order valence-electron chi connectivity index (χ1n) is 5.07. The number of ether oxygens (including phenoxy) is 2. The molecule has 0 amide bonds. The zero-order valence-electron chi connectivity index (χ0n) is 9.28. The van der Waals surface area contributed by atoms with E-state index in [1.54, 1.807) is 7.11 Å². The molecule has 1 atom stereocenters. The fourth-order valence-electron chi connectivity index (χ4n) is 1.96. The Bertz CT molecular complexity index is 371. The van der Waals surface area contributed by atoms with Gasteiger partial charge in [-0.1, -0.05) is 12.1 Å². The Morgan fingerprint density at radius 3 is 2.87 bits per heavy atom. The number of hydrogen-bond acceptors (Lipinski definition) is 3. The minimum atomic E-state index is -0.473. The van der Waals surface area contributed by atoms with Crippen molar-refractivity contribution in [2.24, 2.45) is 0 Å². The molecule has 15 heavy (non-hydrogen) atoms. The highest BCUT2D eigenvalue weighted by Crippen LogP contribution is 2.44. The van der Waals surface area contributed by atoms with Crippen LogP contribution in [0.25, 0.3) is 0 Å². The van der Waals surface area contributed by atoms with Gasteiger partial charge in [-0.3, -0.25) is 0 Å². The molecule has 0 bridgehead atoms. The zero-order valence-corrected chi connectivity index (χ0v) is 9.28. The SMILES string of the molecule is COc1cccc2c1OC(C)(C)CC2O. The summed E-state index contributed by atoms with van der Waals surface area (Å²) < 4.78 is 11.0. The quantitative estimate of drug-likeness (QED) is 0.769. The Balaban J connectivity index is 2.50. The third kappa shape index (κ3) is 1.79. The van der Waals surface area contributed by atoms with Gasteiger partial charge in [0.2, 0.25) is 0 Å². The normalized spacial score (nSPS) is 22.8. The standard InChI is InChI=1S/C12H16O3/c1-12(2)7-9(13)8-5-4-6-10(14-3)11(8)15-12/h4-6,9,13H,7H2,1-3H3. The van der Waals surface area contributed by atoms with Gasteiger partial charge in [-0.25, -0.2) is 0 Å². The maximum Gasteiger partial charge on any atom is 0.167 e. The molecule has 0 saturated heterocycles. The van der Waals surface area contributed by atoms with E-state index < -0.39 is 6.10 Å². The van der Waals surface area contributed by atoms with E-state index in [0.29, 0.717) is 17.9 Å². The number of methoxy groups -OCH3 is 1. The summed E-state index contributed by atoms with van der Waals surface area (Å²) in [5, 5.41) is 9.98. The Morgan fingerprint density at radius 1 is 1.47 bits per heavy atom. The number of hydrogen-bond donors (Lipinski definition) is 1. The average Bonchev–Trinajstić information content (AvgIpc) is 2.15. The van der Waals surface area contributed by atoms with Crippen molar-refractivity contribution in [3.63, 3.8) is 0 Å². The number of benzene rings is 1. The van der Waals surface area contributed by atoms with Gasteiger partial charge in [0, 0.05) is 12.0 Å². The second kappa shape index (κ2) is 3.42. The van der Waals surface area contributed by atoms with Crippen LogP contribution in [-0.2, 0) is 0 Å². The monoisotopic (exact) mass is 208 g/mol. The Hall–Kier alpha value is -1.22. The van der Waals surface area contributed by atoms with Crippen molar-refractivity contribution < 1.29 is 14.6 Å². The van der Waals surface area contributed by atoms with Crippen LogP contribution in [-0.4, -0.2) is 17.8 Å². The van der Waals surface area contributed by atoms with Crippen LogP contribution >= 0.6 is 0 Å². The summed E-state index contributed by atoms with van der Waals surface area (Å²) in [5.41, 5.74) is 0.467. The first-order chi connectivity index (χ1) is 7.03. The van der Waals surface area contributed by atoms with Gasteiger partial charge < -0.3 is 14.6 Å². The van der Waals surface area contributed by atoms with Crippen LogP contribution < -0.4 is 9.47 Å². The fourth-order valence-corrected chi connectivity index (χ4v) is 1.96. The molecule has 1 aromatic rings. The van der Waals surface area contributed by atoms with E-state index in [1.807, 2.05) is 32.0 Å². The molecule has 1 aromatic carbocycles. The van der Waals surface area contributed by atoms with Crippen LogP contribution in [0.15, 0.2) is 18.2 Å². The summed E-state index contributed by atoms with van der Waals surface area (Å²) in [7, 11) is 1.60.